The highest BCUT2D eigenvalue weighted by molar-refractivity contribution is 6.04. The van der Waals surface area contributed by atoms with Crippen molar-refractivity contribution >= 4 is 22.6 Å². The van der Waals surface area contributed by atoms with Gasteiger partial charge in [-0.15, -0.1) is 0 Å². The molecule has 27 heavy (non-hydrogen) atoms. The Bertz CT molecular complexity index is 1040. The van der Waals surface area contributed by atoms with Gasteiger partial charge in [-0.3, -0.25) is 14.4 Å². The molecule has 2 amide bonds. The Morgan fingerprint density at radius 2 is 1.67 bits per heavy atom. The molecular weight excluding hydrogens is 344 g/mol. The van der Waals surface area contributed by atoms with Gasteiger partial charge < -0.3 is 10.6 Å². The molecule has 2 aromatic carbocycles. The molecule has 0 aliphatic heterocycles. The summed E-state index contributed by atoms with van der Waals surface area (Å²) in [6.45, 7) is 1.59. The summed E-state index contributed by atoms with van der Waals surface area (Å²) in [4.78, 5) is 37.2. The summed E-state index contributed by atoms with van der Waals surface area (Å²) in [6.07, 6.45) is 0. The molecule has 7 heteroatoms. The van der Waals surface area contributed by atoms with E-state index in [0.29, 0.717) is 10.8 Å². The number of benzene rings is 2. The molecule has 0 saturated heterocycles. The second kappa shape index (κ2) is 7.82. The number of amides is 2. The lowest BCUT2D eigenvalue weighted by molar-refractivity contribution is -0.122. The highest BCUT2D eigenvalue weighted by Gasteiger charge is 2.17. The number of hydrogen-bond acceptors (Lipinski definition) is 4. The molecule has 0 aliphatic carbocycles. The molecule has 138 valence electrons. The molecule has 0 aliphatic rings. The number of rotatable bonds is 5. The number of nitrogens with one attached hydrogen (secondary N) is 2. The van der Waals surface area contributed by atoms with Crippen LogP contribution < -0.4 is 16.2 Å². The van der Waals surface area contributed by atoms with Gasteiger partial charge in [0.05, 0.1) is 11.4 Å². The quantitative estimate of drug-likeness (QED) is 0.720. The zero-order valence-electron chi connectivity index (χ0n) is 15.1. The first-order valence-corrected chi connectivity index (χ1v) is 8.57. The van der Waals surface area contributed by atoms with Crippen molar-refractivity contribution in [3.05, 3.63) is 76.2 Å². The topological polar surface area (TPSA) is 93.1 Å². The maximum absolute atomic E-state index is 12.7. The van der Waals surface area contributed by atoms with Gasteiger partial charge in [0.15, 0.2) is 5.69 Å². The van der Waals surface area contributed by atoms with Gasteiger partial charge in [0.25, 0.3) is 11.5 Å². The van der Waals surface area contributed by atoms with E-state index in [1.807, 2.05) is 37.3 Å². The van der Waals surface area contributed by atoms with Crippen LogP contribution in [0.2, 0.25) is 0 Å². The van der Waals surface area contributed by atoms with E-state index in [2.05, 4.69) is 15.7 Å². The molecule has 1 atom stereocenters. The van der Waals surface area contributed by atoms with Crippen LogP contribution in [-0.2, 0) is 11.3 Å². The van der Waals surface area contributed by atoms with Gasteiger partial charge in [0, 0.05) is 12.4 Å². The fourth-order valence-corrected chi connectivity index (χ4v) is 2.88. The molecule has 3 aromatic rings. The standard InChI is InChI=1S/C20H20N4O3/c1-13(14-8-4-3-5-9-14)22-17(25)12-24-20(27)16-11-7-6-10-15(16)18(23-24)19(26)21-2/h3-11,13H,12H2,1-2H3,(H,21,26)(H,22,25)/t13-/m0/s1. The molecule has 1 heterocycles. The molecule has 1 aromatic heterocycles. The number of nitrogens with zero attached hydrogens (tertiary/aromatic N) is 2. The van der Waals surface area contributed by atoms with Gasteiger partial charge in [0.1, 0.15) is 6.54 Å². The summed E-state index contributed by atoms with van der Waals surface area (Å²) in [6, 6.07) is 16.0. The largest absolute Gasteiger partial charge is 0.354 e. The molecule has 0 spiro atoms. The molecular formula is C20H20N4O3. The molecule has 0 bridgehead atoms. The third kappa shape index (κ3) is 3.87. The van der Waals surface area contributed by atoms with Gasteiger partial charge in [-0.1, -0.05) is 48.5 Å². The van der Waals surface area contributed by atoms with Crippen molar-refractivity contribution < 1.29 is 9.59 Å². The molecule has 7 nitrogen and oxygen atoms in total. The molecule has 3 rings (SSSR count). The number of hydrogen-bond donors (Lipinski definition) is 2. The zero-order valence-corrected chi connectivity index (χ0v) is 15.1. The Labute approximate surface area is 156 Å². The Morgan fingerprint density at radius 1 is 1.04 bits per heavy atom. The Hall–Kier alpha value is -3.48. The normalized spacial score (nSPS) is 11.8. The van der Waals surface area contributed by atoms with Crippen LogP contribution in [0.3, 0.4) is 0 Å². The highest BCUT2D eigenvalue weighted by Crippen LogP contribution is 2.14. The summed E-state index contributed by atoms with van der Waals surface area (Å²) in [5, 5.41) is 10.3. The summed E-state index contributed by atoms with van der Waals surface area (Å²) >= 11 is 0. The van der Waals surface area contributed by atoms with E-state index in [1.54, 1.807) is 24.3 Å². The van der Waals surface area contributed by atoms with Gasteiger partial charge >= 0.3 is 0 Å². The van der Waals surface area contributed by atoms with Crippen molar-refractivity contribution in [2.45, 2.75) is 19.5 Å². The maximum atomic E-state index is 12.7. The number of fused-ring (bicyclic) bond motifs is 1. The van der Waals surface area contributed by atoms with Gasteiger partial charge in [-0.2, -0.15) is 5.10 Å². The third-order valence-corrected chi connectivity index (χ3v) is 4.28. The summed E-state index contributed by atoms with van der Waals surface area (Å²) in [5.41, 5.74) is 0.646. The SMILES string of the molecule is CNC(=O)c1nn(CC(=O)N[C@@H](C)c2ccccc2)c(=O)c2ccccc12. The van der Waals surface area contributed by atoms with Crippen molar-refractivity contribution in [3.8, 4) is 0 Å². The van der Waals surface area contributed by atoms with Crippen LogP contribution in [0, 0.1) is 0 Å². The van der Waals surface area contributed by atoms with E-state index in [9.17, 15) is 14.4 Å². The van der Waals surface area contributed by atoms with Crippen molar-refractivity contribution in [3.63, 3.8) is 0 Å². The smallest absolute Gasteiger partial charge is 0.275 e. The number of carbonyl (C=O) groups excluding carboxylic acids is 2. The fraction of sp³-hybridized carbons (Fsp3) is 0.200. The second-order valence-corrected chi connectivity index (χ2v) is 6.14. The molecule has 0 saturated carbocycles. The minimum atomic E-state index is -0.419. The average Bonchev–Trinajstić information content (AvgIpc) is 2.70. The monoisotopic (exact) mass is 364 g/mol. The maximum Gasteiger partial charge on any atom is 0.275 e. The van der Waals surface area contributed by atoms with E-state index in [-0.39, 0.29) is 24.2 Å². The number of carbonyl (C=O) groups is 2. The zero-order chi connectivity index (χ0) is 19.4. The van der Waals surface area contributed by atoms with E-state index in [4.69, 9.17) is 0 Å². The van der Waals surface area contributed by atoms with Gasteiger partial charge in [-0.25, -0.2) is 4.68 Å². The Kier molecular flexibility index (Phi) is 5.30. The first-order chi connectivity index (χ1) is 13.0. The predicted molar refractivity (Wildman–Crippen MR) is 102 cm³/mol. The van der Waals surface area contributed by atoms with Crippen molar-refractivity contribution in [2.75, 3.05) is 7.05 Å². The molecule has 2 N–H and O–H groups in total. The van der Waals surface area contributed by atoms with E-state index < -0.39 is 11.5 Å². The molecule has 0 radical (unpaired) electrons. The lowest BCUT2D eigenvalue weighted by Gasteiger charge is -2.15. The lowest BCUT2D eigenvalue weighted by atomic mass is 10.1. The van der Waals surface area contributed by atoms with Crippen molar-refractivity contribution in [1.29, 1.82) is 0 Å². The minimum absolute atomic E-state index is 0.108. The van der Waals surface area contributed by atoms with E-state index in [0.717, 1.165) is 10.2 Å². The fourth-order valence-electron chi connectivity index (χ4n) is 2.88. The predicted octanol–water partition coefficient (Wildman–Crippen LogP) is 1.63. The minimum Gasteiger partial charge on any atom is -0.354 e. The third-order valence-electron chi connectivity index (χ3n) is 4.28. The van der Waals surface area contributed by atoms with Crippen LogP contribution in [0.5, 0.6) is 0 Å². The highest BCUT2D eigenvalue weighted by atomic mass is 16.2. The molecule has 0 fully saturated rings. The first-order valence-electron chi connectivity index (χ1n) is 8.57. The number of aromatic nitrogens is 2. The van der Waals surface area contributed by atoms with Crippen LogP contribution >= 0.6 is 0 Å². The summed E-state index contributed by atoms with van der Waals surface area (Å²) in [5.74, 6) is -0.780. The summed E-state index contributed by atoms with van der Waals surface area (Å²) < 4.78 is 1.03. The van der Waals surface area contributed by atoms with Crippen molar-refractivity contribution in [1.82, 2.24) is 20.4 Å². The first kappa shape index (κ1) is 18.3. The van der Waals surface area contributed by atoms with Gasteiger partial charge in [0.2, 0.25) is 5.91 Å². The van der Waals surface area contributed by atoms with Crippen LogP contribution in [0.15, 0.2) is 59.4 Å². The van der Waals surface area contributed by atoms with Crippen LogP contribution in [0.4, 0.5) is 0 Å². The average molecular weight is 364 g/mol. The lowest BCUT2D eigenvalue weighted by Crippen LogP contribution is -2.36. The molecule has 0 unspecified atom stereocenters. The van der Waals surface area contributed by atoms with E-state index >= 15 is 0 Å². The van der Waals surface area contributed by atoms with Crippen molar-refractivity contribution in [2.24, 2.45) is 0 Å². The summed E-state index contributed by atoms with van der Waals surface area (Å²) in [7, 11) is 1.49. The Morgan fingerprint density at radius 3 is 2.33 bits per heavy atom. The van der Waals surface area contributed by atoms with Crippen LogP contribution in [-0.4, -0.2) is 28.6 Å². The van der Waals surface area contributed by atoms with Crippen LogP contribution in [0.1, 0.15) is 29.0 Å². The van der Waals surface area contributed by atoms with Gasteiger partial charge in [-0.05, 0) is 18.6 Å². The van der Waals surface area contributed by atoms with E-state index in [1.165, 1.54) is 7.05 Å². The Balaban J connectivity index is 1.90. The van der Waals surface area contributed by atoms with Crippen LogP contribution in [0.25, 0.3) is 10.8 Å². The second-order valence-electron chi connectivity index (χ2n) is 6.14.